The number of hydrogen-bond acceptors (Lipinski definition) is 4. The van der Waals surface area contributed by atoms with E-state index in [4.69, 9.17) is 0 Å². The maximum absolute atomic E-state index is 11.8. The largest absolute Gasteiger partial charge is 0.392 e. The summed E-state index contributed by atoms with van der Waals surface area (Å²) in [6, 6.07) is 0. The molecule has 0 saturated carbocycles. The number of carbonyl (C=O) groups excluding carboxylic acids is 2. The molecule has 1 N–H and O–H groups in total. The van der Waals surface area contributed by atoms with Crippen molar-refractivity contribution in [3.05, 3.63) is 10.6 Å². The van der Waals surface area contributed by atoms with Crippen LogP contribution in [0.15, 0.2) is 10.6 Å². The number of fused-ring (bicyclic) bond motifs is 1. The second-order valence-corrected chi connectivity index (χ2v) is 5.67. The first-order chi connectivity index (χ1) is 7.49. The molecule has 1 saturated heterocycles. The third-order valence-electron chi connectivity index (χ3n) is 2.99. The molecule has 2 heterocycles. The van der Waals surface area contributed by atoms with Gasteiger partial charge in [-0.25, -0.2) is 0 Å². The highest BCUT2D eigenvalue weighted by atomic mass is 32.2. The molecule has 1 fully saturated rings. The fraction of sp³-hybridized carbons (Fsp3) is 0.600. The predicted octanol–water partition coefficient (Wildman–Crippen LogP) is 0.976. The van der Waals surface area contributed by atoms with Gasteiger partial charge in [0.05, 0.1) is 12.0 Å². The van der Waals surface area contributed by atoms with Gasteiger partial charge < -0.3 is 5.11 Å². The van der Waals surface area contributed by atoms with E-state index in [9.17, 15) is 14.7 Å². The average Bonchev–Trinajstić information content (AvgIpc) is 2.52. The molecule has 0 aromatic rings. The van der Waals surface area contributed by atoms with Crippen LogP contribution in [0.3, 0.4) is 0 Å². The van der Waals surface area contributed by atoms with Crippen LogP contribution in [0, 0.1) is 5.92 Å². The summed E-state index contributed by atoms with van der Waals surface area (Å²) >= 11 is 5.23. The molecule has 2 aliphatic heterocycles. The van der Waals surface area contributed by atoms with Gasteiger partial charge in [-0.15, -0.1) is 11.8 Å². The Bertz CT molecular complexity index is 394. The molecule has 3 atom stereocenters. The molecule has 4 nitrogen and oxygen atoms in total. The summed E-state index contributed by atoms with van der Waals surface area (Å²) < 4.78 is 0. The van der Waals surface area contributed by atoms with E-state index in [2.05, 4.69) is 12.6 Å². The van der Waals surface area contributed by atoms with Crippen LogP contribution < -0.4 is 0 Å². The molecule has 16 heavy (non-hydrogen) atoms. The van der Waals surface area contributed by atoms with E-state index < -0.39 is 6.10 Å². The van der Waals surface area contributed by atoms with Crippen molar-refractivity contribution in [3.63, 3.8) is 0 Å². The SMILES string of the molecule is CC[C@H](O)[C@@H]1C(=O)N2C(C(=O)S)=C(C)S[C@H]12. The van der Waals surface area contributed by atoms with Gasteiger partial charge in [-0.05, 0) is 13.3 Å². The zero-order chi connectivity index (χ0) is 12.0. The molecule has 2 aliphatic rings. The molecule has 6 heteroatoms. The van der Waals surface area contributed by atoms with Gasteiger partial charge in [-0.2, -0.15) is 0 Å². The van der Waals surface area contributed by atoms with Crippen LogP contribution in [0.5, 0.6) is 0 Å². The Morgan fingerprint density at radius 1 is 1.69 bits per heavy atom. The standard InChI is InChI=1S/C10H13NO3S2/c1-3-5(12)6-8(13)11-7(10(14)15)4(2)16-9(6)11/h5-6,9,12H,3H2,1-2H3,(H,14,15)/t5-,6+,9+/m0/s1. The lowest BCUT2D eigenvalue weighted by Crippen LogP contribution is -2.61. The molecule has 88 valence electrons. The highest BCUT2D eigenvalue weighted by Gasteiger charge is 2.56. The van der Waals surface area contributed by atoms with Crippen molar-refractivity contribution in [1.29, 1.82) is 0 Å². The van der Waals surface area contributed by atoms with Crippen LogP contribution in [0.4, 0.5) is 0 Å². The number of rotatable bonds is 3. The lowest BCUT2D eigenvalue weighted by molar-refractivity contribution is -0.154. The number of aliphatic hydroxyl groups is 1. The lowest BCUT2D eigenvalue weighted by atomic mass is 9.90. The van der Waals surface area contributed by atoms with Crippen LogP contribution in [-0.4, -0.2) is 32.5 Å². The number of thioether (sulfide) groups is 1. The smallest absolute Gasteiger partial charge is 0.236 e. The van der Waals surface area contributed by atoms with Crippen LogP contribution >= 0.6 is 24.4 Å². The Hall–Kier alpha value is -0.460. The number of hydrogen-bond donors (Lipinski definition) is 2. The predicted molar refractivity (Wildman–Crippen MR) is 64.7 cm³/mol. The monoisotopic (exact) mass is 259 g/mol. The first-order valence-corrected chi connectivity index (χ1v) is 6.43. The van der Waals surface area contributed by atoms with Crippen LogP contribution in [0.1, 0.15) is 20.3 Å². The van der Waals surface area contributed by atoms with Gasteiger partial charge in [0.25, 0.3) is 0 Å². The number of allylic oxidation sites excluding steroid dienone is 1. The number of β-lactam (4-membered cyclic amide) rings is 1. The topological polar surface area (TPSA) is 57.6 Å². The van der Waals surface area contributed by atoms with E-state index in [-0.39, 0.29) is 22.3 Å². The zero-order valence-electron chi connectivity index (χ0n) is 9.01. The molecule has 0 aromatic heterocycles. The molecule has 0 unspecified atom stereocenters. The fourth-order valence-corrected chi connectivity index (χ4v) is 3.89. The zero-order valence-corrected chi connectivity index (χ0v) is 10.7. The summed E-state index contributed by atoms with van der Waals surface area (Å²) in [5, 5.41) is 9.22. The van der Waals surface area contributed by atoms with Gasteiger partial charge in [0, 0.05) is 4.91 Å². The van der Waals surface area contributed by atoms with E-state index in [1.165, 1.54) is 16.7 Å². The van der Waals surface area contributed by atoms with E-state index in [0.717, 1.165) is 4.91 Å². The molecular formula is C10H13NO3S2. The van der Waals surface area contributed by atoms with Gasteiger partial charge in [0.1, 0.15) is 11.1 Å². The van der Waals surface area contributed by atoms with Gasteiger partial charge in [-0.3, -0.25) is 14.5 Å². The summed E-state index contributed by atoms with van der Waals surface area (Å²) in [7, 11) is 0. The van der Waals surface area contributed by atoms with Crippen molar-refractivity contribution in [1.82, 2.24) is 4.90 Å². The van der Waals surface area contributed by atoms with Crippen LogP contribution in [-0.2, 0) is 9.59 Å². The van der Waals surface area contributed by atoms with E-state index >= 15 is 0 Å². The highest BCUT2D eigenvalue weighted by Crippen LogP contribution is 2.50. The third kappa shape index (κ3) is 1.51. The Balaban J connectivity index is 2.22. The second kappa shape index (κ2) is 4.09. The summed E-state index contributed by atoms with van der Waals surface area (Å²) in [6.45, 7) is 3.64. The molecule has 2 rings (SSSR count). The fourth-order valence-electron chi connectivity index (χ4n) is 2.12. The lowest BCUT2D eigenvalue weighted by Gasteiger charge is -2.44. The second-order valence-electron chi connectivity index (χ2n) is 3.93. The summed E-state index contributed by atoms with van der Waals surface area (Å²) in [5.41, 5.74) is 0.378. The van der Waals surface area contributed by atoms with Crippen molar-refractivity contribution in [2.75, 3.05) is 0 Å². The van der Waals surface area contributed by atoms with E-state index in [1.54, 1.807) is 6.92 Å². The van der Waals surface area contributed by atoms with Crippen LogP contribution in [0.2, 0.25) is 0 Å². The Labute approximate surface area is 103 Å². The van der Waals surface area contributed by atoms with Crippen molar-refractivity contribution in [2.45, 2.75) is 31.7 Å². The Morgan fingerprint density at radius 2 is 2.31 bits per heavy atom. The molecule has 0 radical (unpaired) electrons. The first kappa shape index (κ1) is 12.0. The van der Waals surface area contributed by atoms with E-state index in [1.807, 2.05) is 6.92 Å². The number of thiol groups is 1. The Kier molecular flexibility index (Phi) is 3.07. The number of carbonyl (C=O) groups is 2. The van der Waals surface area contributed by atoms with E-state index in [0.29, 0.717) is 12.1 Å². The number of nitrogens with zero attached hydrogens (tertiary/aromatic N) is 1. The van der Waals surface area contributed by atoms with Crippen LogP contribution in [0.25, 0.3) is 0 Å². The van der Waals surface area contributed by atoms with Gasteiger partial charge in [0.15, 0.2) is 0 Å². The number of amides is 1. The Morgan fingerprint density at radius 3 is 2.81 bits per heavy atom. The van der Waals surface area contributed by atoms with Crippen molar-refractivity contribution < 1.29 is 14.7 Å². The minimum atomic E-state index is -0.622. The maximum Gasteiger partial charge on any atom is 0.236 e. The first-order valence-electron chi connectivity index (χ1n) is 5.11. The van der Waals surface area contributed by atoms with Crippen molar-refractivity contribution >= 4 is 35.4 Å². The summed E-state index contributed by atoms with van der Waals surface area (Å²) in [5.74, 6) is -0.545. The minimum Gasteiger partial charge on any atom is -0.392 e. The molecule has 0 aliphatic carbocycles. The molecule has 0 aromatic carbocycles. The van der Waals surface area contributed by atoms with Gasteiger partial charge in [0.2, 0.25) is 11.0 Å². The normalized spacial score (nSPS) is 30.2. The number of aliphatic hydroxyl groups excluding tert-OH is 1. The highest BCUT2D eigenvalue weighted by molar-refractivity contribution is 8.04. The third-order valence-corrected chi connectivity index (χ3v) is 4.50. The van der Waals surface area contributed by atoms with Crippen molar-refractivity contribution in [3.8, 4) is 0 Å². The van der Waals surface area contributed by atoms with Crippen molar-refractivity contribution in [2.24, 2.45) is 5.92 Å². The maximum atomic E-state index is 11.8. The summed E-state index contributed by atoms with van der Waals surface area (Å²) in [6.07, 6.45) is -0.0757. The van der Waals surface area contributed by atoms with Gasteiger partial charge in [-0.1, -0.05) is 19.6 Å². The molecule has 0 bridgehead atoms. The minimum absolute atomic E-state index is 0.117. The molecule has 0 spiro atoms. The van der Waals surface area contributed by atoms with Gasteiger partial charge >= 0.3 is 0 Å². The summed E-state index contributed by atoms with van der Waals surface area (Å²) in [4.78, 5) is 25.4. The quantitative estimate of drug-likeness (QED) is 0.586. The average molecular weight is 259 g/mol. The molecule has 1 amide bonds. The molecular weight excluding hydrogens is 246 g/mol.